The van der Waals surface area contributed by atoms with E-state index in [4.69, 9.17) is 10.00 Å². The molecule has 0 saturated carbocycles. The van der Waals surface area contributed by atoms with Crippen LogP contribution in [0.1, 0.15) is 21.5 Å². The largest absolute Gasteiger partial charge is 0.452 e. The smallest absolute Gasteiger partial charge is 0.338 e. The molecule has 0 fully saturated rings. The van der Waals surface area contributed by atoms with Crippen molar-refractivity contribution >= 4 is 41.1 Å². The number of thioether (sulfide) groups is 2. The number of rotatable bonds is 6. The molecule has 0 radical (unpaired) electrons. The number of nitrogens with zero attached hydrogens (tertiary/aromatic N) is 1. The van der Waals surface area contributed by atoms with Crippen LogP contribution >= 0.6 is 23.5 Å². The SMILES string of the molecule is CSc1ccc(C(=O)OCC(=O)Nc2c(C)cc(SC#N)cc2C)cc1. The molecule has 0 aliphatic heterocycles. The average molecular weight is 386 g/mol. The summed E-state index contributed by atoms with van der Waals surface area (Å²) in [6, 6.07) is 10.7. The number of carbonyl (C=O) groups is 2. The monoisotopic (exact) mass is 386 g/mol. The Balaban J connectivity index is 1.96. The number of hydrogen-bond donors (Lipinski definition) is 1. The summed E-state index contributed by atoms with van der Waals surface area (Å²) in [7, 11) is 0. The van der Waals surface area contributed by atoms with Crippen LogP contribution < -0.4 is 5.32 Å². The second kappa shape index (κ2) is 9.32. The maximum Gasteiger partial charge on any atom is 0.338 e. The first-order chi connectivity index (χ1) is 12.4. The van der Waals surface area contributed by atoms with Crippen molar-refractivity contribution in [1.29, 1.82) is 5.26 Å². The van der Waals surface area contributed by atoms with Crippen molar-refractivity contribution in [1.82, 2.24) is 0 Å². The molecule has 134 valence electrons. The third kappa shape index (κ3) is 5.28. The molecular formula is C19H18N2O3S2. The quantitative estimate of drug-likeness (QED) is 0.450. The molecule has 2 aromatic carbocycles. The molecule has 2 aromatic rings. The van der Waals surface area contributed by atoms with E-state index in [0.29, 0.717) is 11.3 Å². The van der Waals surface area contributed by atoms with Gasteiger partial charge in [0.1, 0.15) is 5.40 Å². The van der Waals surface area contributed by atoms with Gasteiger partial charge in [0.15, 0.2) is 6.61 Å². The number of carbonyl (C=O) groups excluding carboxylic acids is 2. The molecule has 0 atom stereocenters. The highest BCUT2D eigenvalue weighted by molar-refractivity contribution is 8.03. The molecule has 7 heteroatoms. The number of esters is 1. The number of hydrogen-bond acceptors (Lipinski definition) is 6. The summed E-state index contributed by atoms with van der Waals surface area (Å²) in [6.45, 7) is 3.34. The van der Waals surface area contributed by atoms with E-state index in [1.807, 2.05) is 49.8 Å². The van der Waals surface area contributed by atoms with Gasteiger partial charge in [-0.25, -0.2) is 4.79 Å². The molecule has 1 N–H and O–H groups in total. The Labute approximate surface area is 161 Å². The summed E-state index contributed by atoms with van der Waals surface area (Å²) in [6.07, 6.45) is 1.95. The lowest BCUT2D eigenvalue weighted by Gasteiger charge is -2.13. The zero-order valence-corrected chi connectivity index (χ0v) is 16.3. The maximum atomic E-state index is 12.1. The highest BCUT2D eigenvalue weighted by Crippen LogP contribution is 2.27. The van der Waals surface area contributed by atoms with Gasteiger partial charge in [-0.15, -0.1) is 11.8 Å². The van der Waals surface area contributed by atoms with Crippen LogP contribution in [-0.2, 0) is 9.53 Å². The summed E-state index contributed by atoms with van der Waals surface area (Å²) in [5.74, 6) is -0.951. The van der Waals surface area contributed by atoms with Crippen molar-refractivity contribution in [3.05, 3.63) is 53.1 Å². The molecule has 0 bridgehead atoms. The predicted molar refractivity (Wildman–Crippen MR) is 105 cm³/mol. The summed E-state index contributed by atoms with van der Waals surface area (Å²) in [4.78, 5) is 26.0. The molecule has 0 aliphatic carbocycles. The van der Waals surface area contributed by atoms with Gasteiger partial charge in [0.2, 0.25) is 0 Å². The molecule has 0 spiro atoms. The lowest BCUT2D eigenvalue weighted by molar-refractivity contribution is -0.119. The standard InChI is InChI=1S/C19H18N2O3S2/c1-12-8-16(26-11-20)9-13(2)18(12)21-17(22)10-24-19(23)14-4-6-15(25-3)7-5-14/h4-9H,10H2,1-3H3,(H,21,22). The van der Waals surface area contributed by atoms with Crippen LogP contribution in [0.5, 0.6) is 0 Å². The Hall–Kier alpha value is -2.43. The van der Waals surface area contributed by atoms with Gasteiger partial charge in [0, 0.05) is 15.5 Å². The van der Waals surface area contributed by atoms with Crippen LogP contribution in [0.2, 0.25) is 0 Å². The van der Waals surface area contributed by atoms with Gasteiger partial charge < -0.3 is 10.1 Å². The van der Waals surface area contributed by atoms with Gasteiger partial charge >= 0.3 is 5.97 Å². The molecule has 1 amide bonds. The topological polar surface area (TPSA) is 79.2 Å². The highest BCUT2D eigenvalue weighted by Gasteiger charge is 2.13. The average Bonchev–Trinajstić information content (AvgIpc) is 2.63. The maximum absolute atomic E-state index is 12.1. The summed E-state index contributed by atoms with van der Waals surface area (Å²) in [5.41, 5.74) is 2.75. The molecule has 0 unspecified atom stereocenters. The van der Waals surface area contributed by atoms with Crippen LogP contribution in [-0.4, -0.2) is 24.7 Å². The zero-order chi connectivity index (χ0) is 19.1. The molecule has 26 heavy (non-hydrogen) atoms. The van der Waals surface area contributed by atoms with Crippen molar-refractivity contribution in [2.75, 3.05) is 18.2 Å². The van der Waals surface area contributed by atoms with Crippen molar-refractivity contribution in [2.45, 2.75) is 23.6 Å². The van der Waals surface area contributed by atoms with Crippen LogP contribution in [0.25, 0.3) is 0 Å². The number of nitrogens with one attached hydrogen (secondary N) is 1. The van der Waals surface area contributed by atoms with Gasteiger partial charge in [-0.2, -0.15) is 5.26 Å². The fraction of sp³-hybridized carbons (Fsp3) is 0.211. The van der Waals surface area contributed by atoms with Gasteiger partial charge in [-0.3, -0.25) is 4.79 Å². The predicted octanol–water partition coefficient (Wildman–Crippen LogP) is 4.39. The number of amides is 1. The molecule has 0 aliphatic rings. The molecule has 0 saturated heterocycles. The van der Waals surface area contributed by atoms with Gasteiger partial charge in [0.05, 0.1) is 5.56 Å². The van der Waals surface area contributed by atoms with Crippen LogP contribution in [0.15, 0.2) is 46.2 Å². The van der Waals surface area contributed by atoms with E-state index in [1.54, 1.807) is 23.9 Å². The first-order valence-corrected chi connectivity index (χ1v) is 9.77. The van der Waals surface area contributed by atoms with E-state index in [-0.39, 0.29) is 6.61 Å². The number of thiocyanates is 1. The van der Waals surface area contributed by atoms with Crippen molar-refractivity contribution in [3.8, 4) is 5.40 Å². The van der Waals surface area contributed by atoms with Crippen molar-refractivity contribution in [2.24, 2.45) is 0 Å². The van der Waals surface area contributed by atoms with Crippen molar-refractivity contribution in [3.63, 3.8) is 0 Å². The minimum absolute atomic E-state index is 0.364. The first-order valence-electron chi connectivity index (χ1n) is 7.72. The number of ether oxygens (including phenoxy) is 1. The molecule has 0 heterocycles. The molecule has 0 aromatic heterocycles. The Morgan fingerprint density at radius 3 is 2.27 bits per heavy atom. The van der Waals surface area contributed by atoms with E-state index in [0.717, 1.165) is 32.7 Å². The highest BCUT2D eigenvalue weighted by atomic mass is 32.2. The second-order valence-corrected chi connectivity index (χ2v) is 7.22. The summed E-state index contributed by atoms with van der Waals surface area (Å²) in [5, 5.41) is 13.5. The van der Waals surface area contributed by atoms with Gasteiger partial charge in [-0.1, -0.05) is 0 Å². The lowest BCUT2D eigenvalue weighted by Crippen LogP contribution is -2.21. The molecular weight excluding hydrogens is 368 g/mol. The zero-order valence-electron chi connectivity index (χ0n) is 14.7. The number of anilines is 1. The van der Waals surface area contributed by atoms with E-state index < -0.39 is 11.9 Å². The third-order valence-corrected chi connectivity index (χ3v) is 4.90. The minimum Gasteiger partial charge on any atom is -0.452 e. The van der Waals surface area contributed by atoms with Crippen molar-refractivity contribution < 1.29 is 14.3 Å². The van der Waals surface area contributed by atoms with Crippen LogP contribution in [0.4, 0.5) is 5.69 Å². The minimum atomic E-state index is -0.540. The first kappa shape index (κ1) is 19.9. The van der Waals surface area contributed by atoms with E-state index in [1.165, 1.54) is 0 Å². The van der Waals surface area contributed by atoms with E-state index in [9.17, 15) is 9.59 Å². The second-order valence-electron chi connectivity index (χ2n) is 5.48. The van der Waals surface area contributed by atoms with Crippen LogP contribution in [0.3, 0.4) is 0 Å². The van der Waals surface area contributed by atoms with Crippen LogP contribution in [0, 0.1) is 24.5 Å². The normalized spacial score (nSPS) is 10.1. The number of aryl methyl sites for hydroxylation is 2. The summed E-state index contributed by atoms with van der Waals surface area (Å²) < 4.78 is 5.07. The fourth-order valence-electron chi connectivity index (χ4n) is 2.35. The number of nitriles is 1. The Bertz CT molecular complexity index is 835. The Kier molecular flexibility index (Phi) is 7.13. The Morgan fingerprint density at radius 2 is 1.73 bits per heavy atom. The van der Waals surface area contributed by atoms with Gasteiger partial charge in [-0.05, 0) is 79.4 Å². The molecule has 5 nitrogen and oxygen atoms in total. The fourth-order valence-corrected chi connectivity index (χ4v) is 3.33. The number of benzene rings is 2. The Morgan fingerprint density at radius 1 is 1.12 bits per heavy atom. The van der Waals surface area contributed by atoms with E-state index in [2.05, 4.69) is 5.32 Å². The summed E-state index contributed by atoms with van der Waals surface area (Å²) >= 11 is 2.65. The molecule has 2 rings (SSSR count). The van der Waals surface area contributed by atoms with E-state index >= 15 is 0 Å². The lowest BCUT2D eigenvalue weighted by atomic mass is 10.1. The van der Waals surface area contributed by atoms with Gasteiger partial charge in [0.25, 0.3) is 5.91 Å². The third-order valence-electron chi connectivity index (χ3n) is 3.59.